The smallest absolute Gasteiger partial charge is 0.410 e. The number of H-pyrrole nitrogens is 2. The minimum atomic E-state index is -3.20. The normalized spacial score (nSPS) is 16.3. The van der Waals surface area contributed by atoms with Crippen LogP contribution < -0.4 is 32.1 Å². The molecule has 4 aromatic carbocycles. The van der Waals surface area contributed by atoms with Gasteiger partial charge >= 0.3 is 6.09 Å². The number of hydrogen-bond acceptors (Lipinski definition) is 12. The molecular weight excluding hydrogens is 1080 g/mol. The number of alkyl halides is 4. The molecule has 2 fully saturated rings. The van der Waals surface area contributed by atoms with Gasteiger partial charge in [-0.1, -0.05) is 73.8 Å². The maximum absolute atomic E-state index is 14.9. The minimum absolute atomic E-state index is 0. The third-order valence-electron chi connectivity index (χ3n) is 12.7. The van der Waals surface area contributed by atoms with Crippen LogP contribution >= 0.6 is 11.6 Å². The minimum Gasteiger partial charge on any atom is -0.457 e. The number of para-hydroxylation sites is 2. The number of aromatic amines is 2. The summed E-state index contributed by atoms with van der Waals surface area (Å²) in [6.07, 6.45) is 3.34. The lowest BCUT2D eigenvalue weighted by molar-refractivity contribution is -0.139. The van der Waals surface area contributed by atoms with Crippen molar-refractivity contribution >= 4 is 62.3 Å². The molecule has 8 aromatic rings. The predicted octanol–water partition coefficient (Wildman–Crippen LogP) is 11.0. The lowest BCUT2D eigenvalue weighted by atomic mass is 10.0. The molecule has 1 unspecified atom stereocenters. The Morgan fingerprint density at radius 3 is 1.38 bits per heavy atom. The number of nitrogens with two attached hydrogens (primary N) is 2. The number of benzene rings is 4. The number of nitrogen functional groups attached to an aromatic ring is 2. The van der Waals surface area contributed by atoms with E-state index in [-0.39, 0.29) is 40.5 Å². The zero-order valence-corrected chi connectivity index (χ0v) is 44.7. The van der Waals surface area contributed by atoms with E-state index in [0.717, 1.165) is 22.0 Å². The fourth-order valence-corrected chi connectivity index (χ4v) is 9.42. The molecular formula is C57H56ClF5N10O8. The fourth-order valence-electron chi connectivity index (χ4n) is 9.42. The van der Waals surface area contributed by atoms with Crippen molar-refractivity contribution in [2.75, 3.05) is 37.6 Å². The van der Waals surface area contributed by atoms with Gasteiger partial charge in [0.2, 0.25) is 11.1 Å². The molecule has 6 N–H and O–H groups in total. The first kappa shape index (κ1) is 59.4. The number of nitrogens with zero attached hydrogens (tertiary/aromatic N) is 6. The number of likely N-dealkylation sites (tertiary alicyclic amines) is 2. The Labute approximate surface area is 464 Å². The molecule has 2 saturated heterocycles. The van der Waals surface area contributed by atoms with Crippen LogP contribution in [0, 0.1) is 0 Å². The van der Waals surface area contributed by atoms with Crippen LogP contribution in [-0.2, 0) is 14.3 Å². The molecule has 4 aromatic heterocycles. The van der Waals surface area contributed by atoms with Gasteiger partial charge in [0.05, 0.1) is 35.9 Å². The van der Waals surface area contributed by atoms with E-state index >= 15 is 0 Å². The maximum Gasteiger partial charge on any atom is 0.410 e. The van der Waals surface area contributed by atoms with E-state index in [1.54, 1.807) is 81.7 Å². The topological polar surface area (TPSA) is 239 Å². The van der Waals surface area contributed by atoms with E-state index in [4.69, 9.17) is 37.3 Å². The summed E-state index contributed by atoms with van der Waals surface area (Å²) in [4.78, 5) is 62.1. The van der Waals surface area contributed by atoms with E-state index in [1.165, 1.54) is 9.13 Å². The molecule has 0 radical (unpaired) electrons. The summed E-state index contributed by atoms with van der Waals surface area (Å²) in [6.45, 7) is 9.93. The number of allylic oxidation sites excluding steroid dienone is 1. The first-order valence-corrected chi connectivity index (χ1v) is 25.2. The summed E-state index contributed by atoms with van der Waals surface area (Å²) in [6, 6.07) is 31.0. The number of carbonyl (C=O) groups excluding carboxylic acids is 3. The molecule has 2 atom stereocenters. The molecule has 6 heterocycles. The number of carbonyl (C=O) groups is 3. The molecule has 24 heteroatoms. The zero-order chi connectivity index (χ0) is 57.7. The van der Waals surface area contributed by atoms with Gasteiger partial charge in [-0.25, -0.2) is 32.6 Å². The number of halogens is 6. The van der Waals surface area contributed by atoms with Crippen LogP contribution in [0.15, 0.2) is 156 Å². The van der Waals surface area contributed by atoms with E-state index in [0.29, 0.717) is 56.0 Å². The lowest BCUT2D eigenvalue weighted by Gasteiger charge is -2.38. The Bertz CT molecular complexity index is 3700. The molecule has 0 aliphatic carbocycles. The first-order valence-electron chi connectivity index (χ1n) is 24.8. The Balaban J connectivity index is 0.000000214. The van der Waals surface area contributed by atoms with Gasteiger partial charge in [-0.05, 0) is 104 Å². The molecule has 10 rings (SSSR count). The molecule has 2 aliphatic heterocycles. The van der Waals surface area contributed by atoms with Gasteiger partial charge in [-0.3, -0.25) is 23.9 Å². The quantitative estimate of drug-likeness (QED) is 0.0568. The Morgan fingerprint density at radius 1 is 0.642 bits per heavy atom. The molecule has 0 saturated carbocycles. The highest BCUT2D eigenvalue weighted by molar-refractivity contribution is 6.66. The average Bonchev–Trinajstić information content (AvgIpc) is 4.12. The molecule has 0 bridgehead atoms. The summed E-state index contributed by atoms with van der Waals surface area (Å²) >= 11 is 4.71. The number of aromatic nitrogens is 6. The van der Waals surface area contributed by atoms with Crippen LogP contribution in [-0.4, -0.2) is 100 Å². The molecule has 0 spiro atoms. The lowest BCUT2D eigenvalue weighted by Crippen LogP contribution is -2.51. The maximum atomic E-state index is 14.9. The van der Waals surface area contributed by atoms with Crippen molar-refractivity contribution in [3.8, 4) is 45.3 Å². The SMILES string of the molecule is C=CC(=O)Cl.C=CC(=O)N1C[C@H](n2cc(-c3ccc(Oc4ccccc4)cc3)c3c(N)n[nH]c(=O)c32)CC(F)(F)C1.CC(C)(C)OC(=O)N1CC(n2cc(-c3ccc(Oc4ccccc4)cc3)c3c(N)n[nH]c(=O)c32)CC(F)(F)C1.F. The third kappa shape index (κ3) is 14.1. The number of ether oxygens (including phenoxy) is 3. The zero-order valence-electron chi connectivity index (χ0n) is 43.9. The number of rotatable bonds is 10. The Hall–Kier alpha value is -9.25. The number of nitrogens with one attached hydrogen (secondary N) is 2. The second kappa shape index (κ2) is 24.4. The molecule has 18 nitrogen and oxygen atoms in total. The van der Waals surface area contributed by atoms with Crippen LogP contribution in [0.3, 0.4) is 0 Å². The van der Waals surface area contributed by atoms with Crippen LogP contribution in [0.2, 0.25) is 0 Å². The van der Waals surface area contributed by atoms with Crippen molar-refractivity contribution in [3.63, 3.8) is 0 Å². The van der Waals surface area contributed by atoms with E-state index in [9.17, 15) is 41.5 Å². The van der Waals surface area contributed by atoms with Gasteiger partial charge in [0.25, 0.3) is 23.0 Å². The number of anilines is 2. The van der Waals surface area contributed by atoms with Crippen molar-refractivity contribution in [2.45, 2.75) is 63.1 Å². The number of piperidine rings is 2. The molecule has 2 aliphatic rings. The number of hydrogen-bond donors (Lipinski definition) is 4. The molecule has 81 heavy (non-hydrogen) atoms. The largest absolute Gasteiger partial charge is 0.457 e. The fraction of sp³-hybridized carbons (Fsp3) is 0.246. The van der Waals surface area contributed by atoms with E-state index < -0.39 is 83.8 Å². The summed E-state index contributed by atoms with van der Waals surface area (Å²) in [5.41, 5.74) is 13.0. The highest BCUT2D eigenvalue weighted by atomic mass is 35.5. The second-order valence-corrected chi connectivity index (χ2v) is 20.2. The third-order valence-corrected chi connectivity index (χ3v) is 12.9. The van der Waals surface area contributed by atoms with Crippen LogP contribution in [0.4, 0.5) is 38.7 Å². The highest BCUT2D eigenvalue weighted by Crippen LogP contribution is 2.42. The van der Waals surface area contributed by atoms with Crippen molar-refractivity contribution in [2.24, 2.45) is 0 Å². The van der Waals surface area contributed by atoms with E-state index in [1.807, 2.05) is 60.7 Å². The summed E-state index contributed by atoms with van der Waals surface area (Å²) in [7, 11) is 0. The van der Waals surface area contributed by atoms with Crippen LogP contribution in [0.1, 0.15) is 45.7 Å². The van der Waals surface area contributed by atoms with Crippen LogP contribution in [0.25, 0.3) is 44.1 Å². The van der Waals surface area contributed by atoms with Gasteiger partial charge in [-0.2, -0.15) is 10.2 Å². The first-order chi connectivity index (χ1) is 37.9. The van der Waals surface area contributed by atoms with Crippen LogP contribution in [0.5, 0.6) is 23.0 Å². The van der Waals surface area contributed by atoms with Gasteiger partial charge in [0, 0.05) is 49.5 Å². The highest BCUT2D eigenvalue weighted by Gasteiger charge is 2.45. The average molecular weight is 1140 g/mol. The van der Waals surface area contributed by atoms with Crippen molar-refractivity contribution in [3.05, 3.63) is 168 Å². The van der Waals surface area contributed by atoms with Gasteiger partial charge < -0.3 is 44.6 Å². The number of fused-ring (bicyclic) bond motifs is 2. The van der Waals surface area contributed by atoms with Gasteiger partial charge in [0.15, 0.2) is 11.6 Å². The van der Waals surface area contributed by atoms with Crippen molar-refractivity contribution in [1.82, 2.24) is 39.3 Å². The van der Waals surface area contributed by atoms with Crippen molar-refractivity contribution in [1.29, 1.82) is 0 Å². The molecule has 424 valence electrons. The second-order valence-electron chi connectivity index (χ2n) is 19.8. The van der Waals surface area contributed by atoms with Gasteiger partial charge in [-0.15, -0.1) is 0 Å². The van der Waals surface area contributed by atoms with Gasteiger partial charge in [0.1, 0.15) is 39.6 Å². The molecule has 2 amide bonds. The predicted molar refractivity (Wildman–Crippen MR) is 299 cm³/mol. The Morgan fingerprint density at radius 2 is 1.01 bits per heavy atom. The number of amides is 2. The summed E-state index contributed by atoms with van der Waals surface area (Å²) in [5.74, 6) is -4.27. The standard InChI is InChI=1S/C28H29F2N5O4.C26H23F2N5O3.C3H3ClO.FH/c1-27(2,3)39-26(37)34-14-18(13-28(29,30)16-34)35-15-21(22-23(35)25(36)33-32-24(22)31)17-9-11-20(12-10-17)38-19-7-5-4-6-8-19;1-2-21(34)32-13-17(12-26(27,28)15-32)33-14-20(22-23(33)25(35)31-30-24(22)29)16-8-10-19(11-9-16)36-18-6-4-3-5-7-18;1-2-3(4)5;/h4-12,15,18H,13-14,16H2,1-3H3,(H2,31,32)(H,33,36);2-11,14,17H,1,12-13,15H2,(H2,29,30)(H,31,35);2H,1H2;1H/t;17-;;/m.1../s1. The monoisotopic (exact) mass is 1140 g/mol. The summed E-state index contributed by atoms with van der Waals surface area (Å²) < 4.78 is 79.1. The van der Waals surface area contributed by atoms with E-state index in [2.05, 4.69) is 33.6 Å². The summed E-state index contributed by atoms with van der Waals surface area (Å²) in [5, 5.41) is 12.7. The van der Waals surface area contributed by atoms with Crippen molar-refractivity contribution < 1.29 is 50.9 Å². The Kier molecular flexibility index (Phi) is 17.9.